The van der Waals surface area contributed by atoms with Crippen LogP contribution in [0.3, 0.4) is 0 Å². The number of carbonyl (C=O) groups is 1. The molecule has 5 heteroatoms. The van der Waals surface area contributed by atoms with Gasteiger partial charge in [-0.05, 0) is 43.4 Å². The van der Waals surface area contributed by atoms with Crippen molar-refractivity contribution in [2.45, 2.75) is 6.92 Å². The molecule has 0 aromatic heterocycles. The van der Waals surface area contributed by atoms with Crippen molar-refractivity contribution in [1.29, 1.82) is 0 Å². The molecule has 18 heavy (non-hydrogen) atoms. The van der Waals surface area contributed by atoms with Gasteiger partial charge in [-0.25, -0.2) is 0 Å². The smallest absolute Gasteiger partial charge is 0.173 e. The Morgan fingerprint density at radius 1 is 1.28 bits per heavy atom. The van der Waals surface area contributed by atoms with Gasteiger partial charge in [0.15, 0.2) is 10.9 Å². The van der Waals surface area contributed by atoms with Crippen molar-refractivity contribution >= 4 is 28.8 Å². The normalized spacial score (nSPS) is 15.3. The lowest BCUT2D eigenvalue weighted by Crippen LogP contribution is -2.42. The maximum atomic E-state index is 11.2. The summed E-state index contributed by atoms with van der Waals surface area (Å²) in [5.41, 5.74) is 1.61. The third-order valence-corrected chi connectivity index (χ3v) is 3.20. The molecular formula is C13H16N2O2S. The number of ether oxygens (including phenoxy) is 1. The molecule has 1 saturated heterocycles. The molecule has 0 amide bonds. The number of carbonyl (C=O) groups excluding carboxylic acids is 1. The first kappa shape index (κ1) is 13.0. The summed E-state index contributed by atoms with van der Waals surface area (Å²) in [7, 11) is 0. The number of hydrogen-bond donors (Lipinski definition) is 1. The second kappa shape index (κ2) is 5.93. The van der Waals surface area contributed by atoms with Crippen molar-refractivity contribution in [3.05, 3.63) is 29.8 Å². The zero-order chi connectivity index (χ0) is 13.0. The molecule has 0 atom stereocenters. The van der Waals surface area contributed by atoms with Gasteiger partial charge in [0.2, 0.25) is 0 Å². The van der Waals surface area contributed by atoms with E-state index in [4.69, 9.17) is 17.0 Å². The number of hydrogen-bond acceptors (Lipinski definition) is 3. The highest BCUT2D eigenvalue weighted by Gasteiger charge is 2.13. The van der Waals surface area contributed by atoms with E-state index < -0.39 is 0 Å². The summed E-state index contributed by atoms with van der Waals surface area (Å²) < 4.78 is 5.28. The number of morpholine rings is 1. The summed E-state index contributed by atoms with van der Waals surface area (Å²) in [6.45, 7) is 4.62. The predicted molar refractivity (Wildman–Crippen MR) is 75.1 cm³/mol. The summed E-state index contributed by atoms with van der Waals surface area (Å²) in [6, 6.07) is 7.33. The SMILES string of the molecule is CC(=O)c1ccc(NC(=S)N2CCOCC2)cc1. The van der Waals surface area contributed by atoms with E-state index in [1.54, 1.807) is 19.1 Å². The minimum atomic E-state index is 0.0669. The molecule has 2 rings (SSSR count). The summed E-state index contributed by atoms with van der Waals surface area (Å²) in [4.78, 5) is 13.2. The summed E-state index contributed by atoms with van der Waals surface area (Å²) in [6.07, 6.45) is 0. The summed E-state index contributed by atoms with van der Waals surface area (Å²) in [5.74, 6) is 0.0669. The van der Waals surface area contributed by atoms with Gasteiger partial charge in [-0.15, -0.1) is 0 Å². The Hall–Kier alpha value is -1.46. The molecule has 1 heterocycles. The first-order chi connectivity index (χ1) is 8.66. The zero-order valence-corrected chi connectivity index (χ0v) is 11.1. The molecule has 1 fully saturated rings. The van der Waals surface area contributed by atoms with E-state index in [-0.39, 0.29) is 5.78 Å². The Labute approximate surface area is 112 Å². The van der Waals surface area contributed by atoms with Crippen molar-refractivity contribution < 1.29 is 9.53 Å². The number of nitrogens with one attached hydrogen (secondary N) is 1. The number of rotatable bonds is 2. The highest BCUT2D eigenvalue weighted by molar-refractivity contribution is 7.80. The van der Waals surface area contributed by atoms with Crippen LogP contribution in [-0.2, 0) is 4.74 Å². The number of ketones is 1. The number of benzene rings is 1. The Bertz CT molecular complexity index is 439. The molecule has 4 nitrogen and oxygen atoms in total. The molecule has 0 unspecified atom stereocenters. The lowest BCUT2D eigenvalue weighted by Gasteiger charge is -2.29. The minimum absolute atomic E-state index is 0.0669. The third kappa shape index (κ3) is 3.27. The monoisotopic (exact) mass is 264 g/mol. The lowest BCUT2D eigenvalue weighted by molar-refractivity contribution is 0.0690. The van der Waals surface area contributed by atoms with Crippen LogP contribution in [0.15, 0.2) is 24.3 Å². The van der Waals surface area contributed by atoms with E-state index in [2.05, 4.69) is 10.2 Å². The molecule has 0 aliphatic carbocycles. The highest BCUT2D eigenvalue weighted by atomic mass is 32.1. The molecule has 1 N–H and O–H groups in total. The quantitative estimate of drug-likeness (QED) is 0.653. The molecule has 0 saturated carbocycles. The number of Topliss-reactive ketones (excluding diaryl/α,β-unsaturated/α-hetero) is 1. The van der Waals surface area contributed by atoms with E-state index in [1.807, 2.05) is 12.1 Å². The van der Waals surface area contributed by atoms with Crippen molar-refractivity contribution in [1.82, 2.24) is 4.90 Å². The molecule has 0 spiro atoms. The van der Waals surface area contributed by atoms with Gasteiger partial charge < -0.3 is 15.0 Å². The standard InChI is InChI=1S/C13H16N2O2S/c1-10(16)11-2-4-12(5-3-11)14-13(18)15-6-8-17-9-7-15/h2-5H,6-9H2,1H3,(H,14,18). The first-order valence-electron chi connectivity index (χ1n) is 5.91. The maximum absolute atomic E-state index is 11.2. The topological polar surface area (TPSA) is 41.6 Å². The van der Waals surface area contributed by atoms with Gasteiger partial charge in [-0.1, -0.05) is 0 Å². The van der Waals surface area contributed by atoms with Gasteiger partial charge >= 0.3 is 0 Å². The van der Waals surface area contributed by atoms with Gasteiger partial charge in [0, 0.05) is 24.3 Å². The molecule has 1 aliphatic rings. The fourth-order valence-corrected chi connectivity index (χ4v) is 2.06. The van der Waals surface area contributed by atoms with Crippen molar-refractivity contribution in [3.8, 4) is 0 Å². The Morgan fingerprint density at radius 3 is 2.44 bits per heavy atom. The van der Waals surface area contributed by atoms with Gasteiger partial charge in [0.25, 0.3) is 0 Å². The van der Waals surface area contributed by atoms with Crippen LogP contribution < -0.4 is 5.32 Å². The molecule has 96 valence electrons. The average molecular weight is 264 g/mol. The Balaban J connectivity index is 1.96. The van der Waals surface area contributed by atoms with E-state index in [1.165, 1.54) is 0 Å². The second-order valence-corrected chi connectivity index (χ2v) is 4.55. The first-order valence-corrected chi connectivity index (χ1v) is 6.32. The molecule has 1 aromatic carbocycles. The van der Waals surface area contributed by atoms with Gasteiger partial charge in [-0.3, -0.25) is 4.79 Å². The summed E-state index contributed by atoms with van der Waals surface area (Å²) in [5, 5.41) is 3.87. The van der Waals surface area contributed by atoms with E-state index in [0.717, 1.165) is 18.8 Å². The predicted octanol–water partition coefficient (Wildman–Crippen LogP) is 1.92. The molecule has 1 aromatic rings. The van der Waals surface area contributed by atoms with Gasteiger partial charge in [-0.2, -0.15) is 0 Å². The van der Waals surface area contributed by atoms with Crippen LogP contribution in [0.5, 0.6) is 0 Å². The number of thiocarbonyl (C=S) groups is 1. The molecule has 0 radical (unpaired) electrons. The number of nitrogens with zero attached hydrogens (tertiary/aromatic N) is 1. The Morgan fingerprint density at radius 2 is 1.89 bits per heavy atom. The average Bonchev–Trinajstić information content (AvgIpc) is 2.40. The van der Waals surface area contributed by atoms with E-state index >= 15 is 0 Å². The van der Waals surface area contributed by atoms with Gasteiger partial charge in [0.05, 0.1) is 13.2 Å². The lowest BCUT2D eigenvalue weighted by atomic mass is 10.1. The maximum Gasteiger partial charge on any atom is 0.173 e. The number of anilines is 1. The van der Waals surface area contributed by atoms with Crippen LogP contribution in [0.2, 0.25) is 0 Å². The minimum Gasteiger partial charge on any atom is -0.378 e. The third-order valence-electron chi connectivity index (χ3n) is 2.84. The van der Waals surface area contributed by atoms with Crippen LogP contribution in [0, 0.1) is 0 Å². The van der Waals surface area contributed by atoms with Crippen LogP contribution in [0.25, 0.3) is 0 Å². The molecular weight excluding hydrogens is 248 g/mol. The van der Waals surface area contributed by atoms with Gasteiger partial charge in [0.1, 0.15) is 0 Å². The highest BCUT2D eigenvalue weighted by Crippen LogP contribution is 2.11. The van der Waals surface area contributed by atoms with Crippen LogP contribution >= 0.6 is 12.2 Å². The molecule has 0 bridgehead atoms. The summed E-state index contributed by atoms with van der Waals surface area (Å²) >= 11 is 5.33. The molecule has 1 aliphatic heterocycles. The zero-order valence-electron chi connectivity index (χ0n) is 10.3. The second-order valence-electron chi connectivity index (χ2n) is 4.16. The van der Waals surface area contributed by atoms with Crippen LogP contribution in [0.4, 0.5) is 5.69 Å². The van der Waals surface area contributed by atoms with Crippen LogP contribution in [-0.4, -0.2) is 42.1 Å². The van der Waals surface area contributed by atoms with Crippen molar-refractivity contribution in [2.24, 2.45) is 0 Å². The fraction of sp³-hybridized carbons (Fsp3) is 0.385. The van der Waals surface area contributed by atoms with E-state index in [9.17, 15) is 4.79 Å². The Kier molecular flexibility index (Phi) is 4.28. The van der Waals surface area contributed by atoms with Crippen molar-refractivity contribution in [2.75, 3.05) is 31.6 Å². The largest absolute Gasteiger partial charge is 0.378 e. The van der Waals surface area contributed by atoms with E-state index in [0.29, 0.717) is 23.9 Å². The van der Waals surface area contributed by atoms with Crippen LogP contribution in [0.1, 0.15) is 17.3 Å². The van der Waals surface area contributed by atoms with Crippen molar-refractivity contribution in [3.63, 3.8) is 0 Å². The fourth-order valence-electron chi connectivity index (χ4n) is 1.76.